The van der Waals surface area contributed by atoms with Crippen LogP contribution in [0.15, 0.2) is 30.3 Å². The van der Waals surface area contributed by atoms with Crippen molar-refractivity contribution in [1.82, 2.24) is 4.90 Å². The molecular formula is C12H17NOS. The maximum atomic E-state index is 11.5. The van der Waals surface area contributed by atoms with Gasteiger partial charge < -0.3 is 4.90 Å². The Morgan fingerprint density at radius 3 is 2.60 bits per heavy atom. The van der Waals surface area contributed by atoms with Crippen LogP contribution >= 0.6 is 11.8 Å². The lowest BCUT2D eigenvalue weighted by molar-refractivity contribution is 0.234. The molecule has 1 amide bonds. The summed E-state index contributed by atoms with van der Waals surface area (Å²) < 4.78 is 0. The van der Waals surface area contributed by atoms with Gasteiger partial charge >= 0.3 is 0 Å². The molecule has 0 saturated heterocycles. The van der Waals surface area contributed by atoms with Crippen molar-refractivity contribution in [3.63, 3.8) is 0 Å². The number of carbonyl (C=O) groups is 1. The monoisotopic (exact) mass is 223 g/mol. The zero-order chi connectivity index (χ0) is 11.1. The summed E-state index contributed by atoms with van der Waals surface area (Å²) in [5.41, 5.74) is 1.28. The van der Waals surface area contributed by atoms with Crippen molar-refractivity contribution >= 4 is 17.0 Å². The standard InChI is InChI=1S/C12H17NOS/c1-3-15-12(14)13(2)10-9-11-7-5-4-6-8-11/h4-8H,3,9-10H2,1-2H3. The average molecular weight is 223 g/mol. The first-order chi connectivity index (χ1) is 7.24. The number of hydrogen-bond acceptors (Lipinski definition) is 2. The molecule has 0 N–H and O–H groups in total. The molecule has 0 fully saturated rings. The summed E-state index contributed by atoms with van der Waals surface area (Å²) in [6.45, 7) is 2.78. The minimum atomic E-state index is 0.161. The fourth-order valence-corrected chi connectivity index (χ4v) is 1.83. The molecule has 15 heavy (non-hydrogen) atoms. The highest BCUT2D eigenvalue weighted by Gasteiger charge is 2.07. The molecule has 0 heterocycles. The van der Waals surface area contributed by atoms with Crippen LogP contribution in [0.3, 0.4) is 0 Å². The van der Waals surface area contributed by atoms with Gasteiger partial charge in [0.25, 0.3) is 5.24 Å². The Hall–Kier alpha value is -0.960. The highest BCUT2D eigenvalue weighted by molar-refractivity contribution is 8.13. The summed E-state index contributed by atoms with van der Waals surface area (Å²) in [6.07, 6.45) is 0.924. The lowest BCUT2D eigenvalue weighted by atomic mass is 10.1. The second-order valence-electron chi connectivity index (χ2n) is 3.36. The van der Waals surface area contributed by atoms with Crippen molar-refractivity contribution in [2.24, 2.45) is 0 Å². The summed E-state index contributed by atoms with van der Waals surface area (Å²) >= 11 is 1.36. The van der Waals surface area contributed by atoms with Gasteiger partial charge in [0.1, 0.15) is 0 Å². The predicted molar refractivity (Wildman–Crippen MR) is 66.3 cm³/mol. The van der Waals surface area contributed by atoms with Crippen LogP contribution in [0.2, 0.25) is 0 Å². The van der Waals surface area contributed by atoms with Crippen molar-refractivity contribution in [3.05, 3.63) is 35.9 Å². The van der Waals surface area contributed by atoms with Gasteiger partial charge in [0.15, 0.2) is 0 Å². The third-order valence-electron chi connectivity index (χ3n) is 2.16. The van der Waals surface area contributed by atoms with E-state index in [1.54, 1.807) is 4.90 Å². The zero-order valence-corrected chi connectivity index (χ0v) is 10.1. The summed E-state index contributed by atoms with van der Waals surface area (Å²) in [6, 6.07) is 10.2. The van der Waals surface area contributed by atoms with Gasteiger partial charge in [-0.2, -0.15) is 0 Å². The molecular weight excluding hydrogens is 206 g/mol. The van der Waals surface area contributed by atoms with E-state index in [0.717, 1.165) is 18.7 Å². The topological polar surface area (TPSA) is 20.3 Å². The number of nitrogens with zero attached hydrogens (tertiary/aromatic N) is 1. The van der Waals surface area contributed by atoms with Crippen molar-refractivity contribution in [1.29, 1.82) is 0 Å². The maximum absolute atomic E-state index is 11.5. The highest BCUT2D eigenvalue weighted by atomic mass is 32.2. The molecule has 0 radical (unpaired) electrons. The summed E-state index contributed by atoms with van der Waals surface area (Å²) in [7, 11) is 1.86. The molecule has 0 spiro atoms. The van der Waals surface area contributed by atoms with E-state index < -0.39 is 0 Å². The van der Waals surface area contributed by atoms with E-state index in [4.69, 9.17) is 0 Å². The van der Waals surface area contributed by atoms with Crippen molar-refractivity contribution < 1.29 is 4.79 Å². The Kier molecular flexibility index (Phi) is 5.26. The number of benzene rings is 1. The van der Waals surface area contributed by atoms with E-state index in [-0.39, 0.29) is 5.24 Å². The zero-order valence-electron chi connectivity index (χ0n) is 9.27. The molecule has 0 bridgehead atoms. The third-order valence-corrected chi connectivity index (χ3v) is 3.01. The van der Waals surface area contributed by atoms with Gasteiger partial charge in [-0.3, -0.25) is 4.79 Å². The van der Waals surface area contributed by atoms with Crippen LogP contribution in [-0.4, -0.2) is 29.5 Å². The molecule has 0 aliphatic heterocycles. The molecule has 3 heteroatoms. The molecule has 0 atom stereocenters. The largest absolute Gasteiger partial charge is 0.336 e. The fraction of sp³-hybridized carbons (Fsp3) is 0.417. The van der Waals surface area contributed by atoms with Gasteiger partial charge in [0, 0.05) is 13.6 Å². The molecule has 0 unspecified atom stereocenters. The summed E-state index contributed by atoms with van der Waals surface area (Å²) in [4.78, 5) is 13.2. The van der Waals surface area contributed by atoms with Gasteiger partial charge in [-0.25, -0.2) is 0 Å². The molecule has 2 nitrogen and oxygen atoms in total. The SMILES string of the molecule is CCSC(=O)N(C)CCc1ccccc1. The first kappa shape index (κ1) is 12.1. The number of thioether (sulfide) groups is 1. The van der Waals surface area contributed by atoms with E-state index >= 15 is 0 Å². The van der Waals surface area contributed by atoms with Crippen LogP contribution in [0.25, 0.3) is 0 Å². The third kappa shape index (κ3) is 4.38. The Labute approximate surface area is 95.7 Å². The Morgan fingerprint density at radius 2 is 2.00 bits per heavy atom. The Bertz CT molecular complexity index is 300. The van der Waals surface area contributed by atoms with Crippen molar-refractivity contribution in [2.75, 3.05) is 19.3 Å². The number of amides is 1. The van der Waals surface area contributed by atoms with Crippen LogP contribution in [0.4, 0.5) is 4.79 Å². The molecule has 1 rings (SSSR count). The van der Waals surface area contributed by atoms with Gasteiger partial charge in [-0.1, -0.05) is 49.0 Å². The predicted octanol–water partition coefficient (Wildman–Crippen LogP) is 3.03. The quantitative estimate of drug-likeness (QED) is 0.782. The van der Waals surface area contributed by atoms with Crippen LogP contribution in [0, 0.1) is 0 Å². The number of carbonyl (C=O) groups excluding carboxylic acids is 1. The Morgan fingerprint density at radius 1 is 1.33 bits per heavy atom. The van der Waals surface area contributed by atoms with Crippen LogP contribution < -0.4 is 0 Å². The summed E-state index contributed by atoms with van der Waals surface area (Å²) in [5, 5.41) is 0.161. The normalized spacial score (nSPS) is 10.0. The fourth-order valence-electron chi connectivity index (χ4n) is 1.27. The molecule has 82 valence electrons. The van der Waals surface area contributed by atoms with E-state index in [1.807, 2.05) is 32.2 Å². The lowest BCUT2D eigenvalue weighted by Gasteiger charge is -2.15. The average Bonchev–Trinajstić information content (AvgIpc) is 2.27. The van der Waals surface area contributed by atoms with Gasteiger partial charge in [0.05, 0.1) is 0 Å². The van der Waals surface area contributed by atoms with Gasteiger partial charge in [-0.05, 0) is 17.7 Å². The molecule has 0 saturated carbocycles. The minimum Gasteiger partial charge on any atom is -0.336 e. The highest BCUT2D eigenvalue weighted by Crippen LogP contribution is 2.07. The maximum Gasteiger partial charge on any atom is 0.281 e. The number of likely N-dealkylation sites (N-methyl/N-ethyl adjacent to an activating group) is 1. The van der Waals surface area contributed by atoms with E-state index in [2.05, 4.69) is 12.1 Å². The van der Waals surface area contributed by atoms with Gasteiger partial charge in [0.2, 0.25) is 0 Å². The van der Waals surface area contributed by atoms with Crippen molar-refractivity contribution in [2.45, 2.75) is 13.3 Å². The first-order valence-corrected chi connectivity index (χ1v) is 6.14. The number of rotatable bonds is 4. The summed E-state index contributed by atoms with van der Waals surface area (Å²) in [5.74, 6) is 0.842. The molecule has 0 aliphatic carbocycles. The van der Waals surface area contributed by atoms with E-state index in [1.165, 1.54) is 17.3 Å². The second-order valence-corrected chi connectivity index (χ2v) is 4.57. The van der Waals surface area contributed by atoms with Crippen molar-refractivity contribution in [3.8, 4) is 0 Å². The van der Waals surface area contributed by atoms with E-state index in [0.29, 0.717) is 0 Å². The smallest absolute Gasteiger partial charge is 0.281 e. The van der Waals surface area contributed by atoms with Crippen LogP contribution in [0.1, 0.15) is 12.5 Å². The minimum absolute atomic E-state index is 0.161. The lowest BCUT2D eigenvalue weighted by Crippen LogP contribution is -2.25. The molecule has 0 aromatic heterocycles. The molecule has 1 aromatic carbocycles. The van der Waals surface area contributed by atoms with Gasteiger partial charge in [-0.15, -0.1) is 0 Å². The molecule has 0 aliphatic rings. The van der Waals surface area contributed by atoms with Crippen LogP contribution in [0.5, 0.6) is 0 Å². The first-order valence-electron chi connectivity index (χ1n) is 5.16. The Balaban J connectivity index is 2.34. The number of hydrogen-bond donors (Lipinski definition) is 0. The van der Waals surface area contributed by atoms with Crippen LogP contribution in [-0.2, 0) is 6.42 Å². The molecule has 1 aromatic rings. The van der Waals surface area contributed by atoms with E-state index in [9.17, 15) is 4.79 Å². The second kappa shape index (κ2) is 6.51.